The highest BCUT2D eigenvalue weighted by molar-refractivity contribution is 5.30. The summed E-state index contributed by atoms with van der Waals surface area (Å²) in [5.74, 6) is -0.174. The highest BCUT2D eigenvalue weighted by Crippen LogP contribution is 2.22. The average Bonchev–Trinajstić information content (AvgIpc) is 2.09. The van der Waals surface area contributed by atoms with E-state index in [2.05, 4.69) is 11.9 Å². The lowest BCUT2D eigenvalue weighted by Gasteiger charge is -2.17. The first-order valence-electron chi connectivity index (χ1n) is 4.65. The molecular formula is C12H16FN. The van der Waals surface area contributed by atoms with Gasteiger partial charge in [0.25, 0.3) is 0 Å². The van der Waals surface area contributed by atoms with Crippen molar-refractivity contribution in [2.45, 2.75) is 19.9 Å². The molecule has 0 saturated carbocycles. The lowest BCUT2D eigenvalue weighted by Crippen LogP contribution is -2.18. The SMILES string of the molecule is C=C(C)C(NC)c1ccc(C)cc1F. The Kier molecular flexibility index (Phi) is 3.42. The van der Waals surface area contributed by atoms with E-state index in [0.717, 1.165) is 11.1 Å². The van der Waals surface area contributed by atoms with E-state index in [1.807, 2.05) is 19.9 Å². The molecule has 2 heteroatoms. The number of hydrogen-bond donors (Lipinski definition) is 1. The predicted octanol–water partition coefficient (Wildman–Crippen LogP) is 2.97. The molecule has 76 valence electrons. The van der Waals surface area contributed by atoms with Crippen molar-refractivity contribution in [3.8, 4) is 0 Å². The van der Waals surface area contributed by atoms with Gasteiger partial charge in [0.2, 0.25) is 0 Å². The molecule has 1 N–H and O–H groups in total. The zero-order chi connectivity index (χ0) is 10.7. The number of hydrogen-bond acceptors (Lipinski definition) is 1. The van der Waals surface area contributed by atoms with E-state index in [4.69, 9.17) is 0 Å². The number of halogens is 1. The lowest BCUT2D eigenvalue weighted by atomic mass is 9.99. The van der Waals surface area contributed by atoms with Crippen molar-refractivity contribution in [2.75, 3.05) is 7.05 Å². The molecule has 0 aliphatic rings. The number of benzene rings is 1. The van der Waals surface area contributed by atoms with Crippen molar-refractivity contribution >= 4 is 0 Å². The van der Waals surface area contributed by atoms with Crippen molar-refractivity contribution in [1.82, 2.24) is 5.32 Å². The van der Waals surface area contributed by atoms with Crippen molar-refractivity contribution in [3.05, 3.63) is 47.3 Å². The maximum Gasteiger partial charge on any atom is 0.128 e. The van der Waals surface area contributed by atoms with E-state index >= 15 is 0 Å². The first kappa shape index (κ1) is 10.9. The van der Waals surface area contributed by atoms with E-state index in [1.54, 1.807) is 19.2 Å². The van der Waals surface area contributed by atoms with Crippen LogP contribution in [0.5, 0.6) is 0 Å². The summed E-state index contributed by atoms with van der Waals surface area (Å²) in [7, 11) is 1.80. The summed E-state index contributed by atoms with van der Waals surface area (Å²) >= 11 is 0. The van der Waals surface area contributed by atoms with Crippen LogP contribution in [0.2, 0.25) is 0 Å². The van der Waals surface area contributed by atoms with Gasteiger partial charge >= 0.3 is 0 Å². The highest BCUT2D eigenvalue weighted by atomic mass is 19.1. The van der Waals surface area contributed by atoms with Crippen molar-refractivity contribution < 1.29 is 4.39 Å². The van der Waals surface area contributed by atoms with Gasteiger partial charge in [-0.25, -0.2) is 4.39 Å². The van der Waals surface area contributed by atoms with Crippen LogP contribution in [0.4, 0.5) is 4.39 Å². The van der Waals surface area contributed by atoms with Crippen LogP contribution in [0, 0.1) is 12.7 Å². The normalized spacial score (nSPS) is 12.6. The first-order valence-corrected chi connectivity index (χ1v) is 4.65. The molecule has 0 saturated heterocycles. The van der Waals surface area contributed by atoms with Crippen LogP contribution in [0.25, 0.3) is 0 Å². The fourth-order valence-corrected chi connectivity index (χ4v) is 1.53. The summed E-state index contributed by atoms with van der Waals surface area (Å²) in [4.78, 5) is 0. The second-order valence-corrected chi connectivity index (χ2v) is 3.59. The fourth-order valence-electron chi connectivity index (χ4n) is 1.53. The van der Waals surface area contributed by atoms with Gasteiger partial charge < -0.3 is 5.32 Å². The van der Waals surface area contributed by atoms with Gasteiger partial charge in [-0.1, -0.05) is 24.3 Å². The van der Waals surface area contributed by atoms with E-state index in [9.17, 15) is 4.39 Å². The smallest absolute Gasteiger partial charge is 0.128 e. The minimum Gasteiger partial charge on any atom is -0.310 e. The van der Waals surface area contributed by atoms with Crippen LogP contribution in [0.3, 0.4) is 0 Å². The van der Waals surface area contributed by atoms with Gasteiger partial charge in [0.05, 0.1) is 6.04 Å². The molecular weight excluding hydrogens is 177 g/mol. The van der Waals surface area contributed by atoms with E-state index in [0.29, 0.717) is 5.56 Å². The molecule has 0 heterocycles. The summed E-state index contributed by atoms with van der Waals surface area (Å²) in [6.45, 7) is 7.60. The molecule has 0 amide bonds. The lowest BCUT2D eigenvalue weighted by molar-refractivity contribution is 0.572. The molecule has 0 bridgehead atoms. The van der Waals surface area contributed by atoms with Gasteiger partial charge in [0, 0.05) is 5.56 Å². The van der Waals surface area contributed by atoms with Crippen LogP contribution < -0.4 is 5.32 Å². The second kappa shape index (κ2) is 4.38. The molecule has 0 spiro atoms. The largest absolute Gasteiger partial charge is 0.310 e. The predicted molar refractivity (Wildman–Crippen MR) is 57.8 cm³/mol. The molecule has 0 aliphatic carbocycles. The molecule has 14 heavy (non-hydrogen) atoms. The summed E-state index contributed by atoms with van der Waals surface area (Å²) in [5, 5.41) is 3.04. The van der Waals surface area contributed by atoms with Crippen LogP contribution >= 0.6 is 0 Å². The van der Waals surface area contributed by atoms with Gasteiger partial charge in [-0.15, -0.1) is 0 Å². The van der Waals surface area contributed by atoms with Crippen molar-refractivity contribution in [1.29, 1.82) is 0 Å². The van der Waals surface area contributed by atoms with E-state index in [-0.39, 0.29) is 11.9 Å². The Balaban J connectivity index is 3.10. The number of rotatable bonds is 3. The topological polar surface area (TPSA) is 12.0 Å². The first-order chi connectivity index (χ1) is 6.56. The van der Waals surface area contributed by atoms with Crippen LogP contribution in [0.15, 0.2) is 30.4 Å². The molecule has 0 fully saturated rings. The van der Waals surface area contributed by atoms with Gasteiger partial charge in [-0.3, -0.25) is 0 Å². The molecule has 1 aromatic rings. The maximum absolute atomic E-state index is 13.6. The number of aryl methyl sites for hydroxylation is 1. The zero-order valence-corrected chi connectivity index (χ0v) is 8.89. The highest BCUT2D eigenvalue weighted by Gasteiger charge is 2.13. The Hall–Kier alpha value is -1.15. The summed E-state index contributed by atoms with van der Waals surface area (Å²) in [6, 6.07) is 5.16. The monoisotopic (exact) mass is 193 g/mol. The minimum absolute atomic E-state index is 0.101. The standard InChI is InChI=1S/C12H16FN/c1-8(2)12(14-4)10-6-5-9(3)7-11(10)13/h5-7,12,14H,1H2,2-4H3. The molecule has 1 aromatic carbocycles. The van der Waals surface area contributed by atoms with E-state index in [1.165, 1.54) is 0 Å². The summed E-state index contributed by atoms with van der Waals surface area (Å²) in [6.07, 6.45) is 0. The summed E-state index contributed by atoms with van der Waals surface area (Å²) < 4.78 is 13.6. The maximum atomic E-state index is 13.6. The third kappa shape index (κ3) is 2.20. The molecule has 0 aromatic heterocycles. The average molecular weight is 193 g/mol. The third-order valence-electron chi connectivity index (χ3n) is 2.25. The summed E-state index contributed by atoms with van der Waals surface area (Å²) in [5.41, 5.74) is 2.50. The molecule has 0 radical (unpaired) electrons. The van der Waals surface area contributed by atoms with Crippen LogP contribution in [-0.2, 0) is 0 Å². The Morgan fingerprint density at radius 3 is 2.57 bits per heavy atom. The molecule has 1 nitrogen and oxygen atoms in total. The minimum atomic E-state index is -0.174. The Morgan fingerprint density at radius 1 is 1.50 bits per heavy atom. The third-order valence-corrected chi connectivity index (χ3v) is 2.25. The molecule has 1 unspecified atom stereocenters. The van der Waals surface area contributed by atoms with Crippen molar-refractivity contribution in [2.24, 2.45) is 0 Å². The molecule has 1 atom stereocenters. The molecule has 1 rings (SSSR count). The number of likely N-dealkylation sites (N-methyl/N-ethyl adjacent to an activating group) is 1. The Morgan fingerprint density at radius 2 is 2.14 bits per heavy atom. The van der Waals surface area contributed by atoms with Gasteiger partial charge in [-0.2, -0.15) is 0 Å². The van der Waals surface area contributed by atoms with Gasteiger partial charge in [0.15, 0.2) is 0 Å². The Labute approximate surface area is 84.6 Å². The van der Waals surface area contributed by atoms with E-state index < -0.39 is 0 Å². The number of nitrogens with one attached hydrogen (secondary N) is 1. The van der Waals surface area contributed by atoms with Crippen LogP contribution in [0.1, 0.15) is 24.1 Å². The zero-order valence-electron chi connectivity index (χ0n) is 8.89. The Bertz CT molecular complexity index is 344. The second-order valence-electron chi connectivity index (χ2n) is 3.59. The van der Waals surface area contributed by atoms with Crippen molar-refractivity contribution in [3.63, 3.8) is 0 Å². The molecule has 0 aliphatic heterocycles. The van der Waals surface area contributed by atoms with Crippen LogP contribution in [-0.4, -0.2) is 7.05 Å². The fraction of sp³-hybridized carbons (Fsp3) is 0.333. The quantitative estimate of drug-likeness (QED) is 0.728. The van der Waals surface area contributed by atoms with Gasteiger partial charge in [-0.05, 0) is 32.5 Å². The van der Waals surface area contributed by atoms with Gasteiger partial charge in [0.1, 0.15) is 5.82 Å².